The van der Waals surface area contributed by atoms with Gasteiger partial charge in [-0.15, -0.1) is 0 Å². The molecule has 2 N–H and O–H groups in total. The molecule has 1 saturated carbocycles. The largest absolute Gasteiger partial charge is 0.496 e. The van der Waals surface area contributed by atoms with Gasteiger partial charge < -0.3 is 15.2 Å². The van der Waals surface area contributed by atoms with Crippen LogP contribution in [0.25, 0.3) is 0 Å². The molecule has 16 heavy (non-hydrogen) atoms. The summed E-state index contributed by atoms with van der Waals surface area (Å²) in [7, 11) is 3.33. The van der Waals surface area contributed by atoms with Crippen molar-refractivity contribution in [2.24, 2.45) is 5.73 Å². The van der Waals surface area contributed by atoms with E-state index in [0.29, 0.717) is 0 Å². The Kier molecular flexibility index (Phi) is 3.13. The lowest BCUT2D eigenvalue weighted by Gasteiger charge is -2.16. The van der Waals surface area contributed by atoms with E-state index >= 15 is 0 Å². The van der Waals surface area contributed by atoms with E-state index in [4.69, 9.17) is 15.2 Å². The second-order valence-electron chi connectivity index (χ2n) is 4.33. The van der Waals surface area contributed by atoms with Gasteiger partial charge >= 0.3 is 0 Å². The van der Waals surface area contributed by atoms with E-state index in [1.165, 1.54) is 0 Å². The first-order valence-corrected chi connectivity index (χ1v) is 6.06. The van der Waals surface area contributed by atoms with Crippen LogP contribution in [0, 0.1) is 0 Å². The van der Waals surface area contributed by atoms with E-state index in [1.807, 2.05) is 12.1 Å². The van der Waals surface area contributed by atoms with Gasteiger partial charge in [0.1, 0.15) is 11.5 Å². The van der Waals surface area contributed by atoms with Crippen molar-refractivity contribution < 1.29 is 9.47 Å². The van der Waals surface area contributed by atoms with Crippen LogP contribution in [0.3, 0.4) is 0 Å². The molecule has 0 amide bonds. The molecule has 1 aromatic rings. The smallest absolute Gasteiger partial charge is 0.126 e. The van der Waals surface area contributed by atoms with Crippen LogP contribution >= 0.6 is 15.9 Å². The average Bonchev–Trinajstić information content (AvgIpc) is 2.98. The van der Waals surface area contributed by atoms with Crippen molar-refractivity contribution in [3.8, 4) is 11.5 Å². The average molecular weight is 286 g/mol. The standard InChI is InChI=1S/C12H16BrNO2/c1-15-10-5-8(13)6-11(16-2)9(10)7-12(14)3-4-12/h5-6H,3-4,7,14H2,1-2H3. The van der Waals surface area contributed by atoms with Gasteiger partial charge in [0.05, 0.1) is 14.2 Å². The third-order valence-electron chi connectivity index (χ3n) is 2.99. The van der Waals surface area contributed by atoms with Gasteiger partial charge in [-0.25, -0.2) is 0 Å². The molecule has 88 valence electrons. The van der Waals surface area contributed by atoms with E-state index in [0.717, 1.165) is 40.8 Å². The van der Waals surface area contributed by atoms with Crippen LogP contribution in [0.4, 0.5) is 0 Å². The predicted octanol–water partition coefficient (Wildman–Crippen LogP) is 2.50. The molecule has 0 bridgehead atoms. The highest BCUT2D eigenvalue weighted by Crippen LogP contribution is 2.42. The lowest BCUT2D eigenvalue weighted by molar-refractivity contribution is 0.381. The summed E-state index contributed by atoms with van der Waals surface area (Å²) < 4.78 is 11.7. The molecule has 0 saturated heterocycles. The summed E-state index contributed by atoms with van der Waals surface area (Å²) in [4.78, 5) is 0. The molecule has 0 aliphatic heterocycles. The van der Waals surface area contributed by atoms with Gasteiger partial charge in [-0.2, -0.15) is 0 Å². The van der Waals surface area contributed by atoms with Crippen molar-refractivity contribution >= 4 is 15.9 Å². The Morgan fingerprint density at radius 3 is 2.12 bits per heavy atom. The van der Waals surface area contributed by atoms with Crippen molar-refractivity contribution in [1.29, 1.82) is 0 Å². The molecule has 0 unspecified atom stereocenters. The Hall–Kier alpha value is -0.740. The lowest BCUT2D eigenvalue weighted by Crippen LogP contribution is -2.25. The fraction of sp³-hybridized carbons (Fsp3) is 0.500. The van der Waals surface area contributed by atoms with Crippen LogP contribution in [0.15, 0.2) is 16.6 Å². The molecule has 0 heterocycles. The summed E-state index contributed by atoms with van der Waals surface area (Å²) in [5.41, 5.74) is 7.16. The first kappa shape index (κ1) is 11.7. The number of methoxy groups -OCH3 is 2. The zero-order valence-electron chi connectivity index (χ0n) is 9.55. The highest BCUT2D eigenvalue weighted by atomic mass is 79.9. The van der Waals surface area contributed by atoms with Crippen LogP contribution < -0.4 is 15.2 Å². The van der Waals surface area contributed by atoms with Gasteiger partial charge in [-0.3, -0.25) is 0 Å². The third kappa shape index (κ3) is 2.33. The summed E-state index contributed by atoms with van der Waals surface area (Å²) in [5, 5.41) is 0. The molecule has 2 rings (SSSR count). The molecule has 4 heteroatoms. The zero-order chi connectivity index (χ0) is 11.8. The Morgan fingerprint density at radius 2 is 1.75 bits per heavy atom. The van der Waals surface area contributed by atoms with Crippen LogP contribution in [-0.2, 0) is 6.42 Å². The molecule has 0 spiro atoms. The number of hydrogen-bond donors (Lipinski definition) is 1. The molecule has 1 aromatic carbocycles. The summed E-state index contributed by atoms with van der Waals surface area (Å²) >= 11 is 3.43. The molecule has 0 radical (unpaired) electrons. The van der Waals surface area contributed by atoms with Crippen LogP contribution in [-0.4, -0.2) is 19.8 Å². The van der Waals surface area contributed by atoms with Crippen molar-refractivity contribution in [3.05, 3.63) is 22.2 Å². The molecule has 0 aromatic heterocycles. The third-order valence-corrected chi connectivity index (χ3v) is 3.45. The van der Waals surface area contributed by atoms with Gasteiger partial charge in [0.25, 0.3) is 0 Å². The van der Waals surface area contributed by atoms with Crippen LogP contribution in [0.5, 0.6) is 11.5 Å². The first-order chi connectivity index (χ1) is 7.58. The van der Waals surface area contributed by atoms with Gasteiger partial charge in [-0.05, 0) is 31.4 Å². The lowest BCUT2D eigenvalue weighted by atomic mass is 10.0. The van der Waals surface area contributed by atoms with Gasteiger partial charge in [0, 0.05) is 15.6 Å². The number of halogens is 1. The molecule has 3 nitrogen and oxygen atoms in total. The number of nitrogens with two attached hydrogens (primary N) is 1. The quantitative estimate of drug-likeness (QED) is 0.925. The minimum Gasteiger partial charge on any atom is -0.496 e. The summed E-state index contributed by atoms with van der Waals surface area (Å²) in [5.74, 6) is 1.67. The molecule has 1 fully saturated rings. The Bertz CT molecular complexity index is 377. The first-order valence-electron chi connectivity index (χ1n) is 5.27. The van der Waals surface area contributed by atoms with E-state index in [9.17, 15) is 0 Å². The SMILES string of the molecule is COc1cc(Br)cc(OC)c1CC1(N)CC1. The maximum atomic E-state index is 6.14. The van der Waals surface area contributed by atoms with E-state index in [-0.39, 0.29) is 5.54 Å². The van der Waals surface area contributed by atoms with E-state index in [2.05, 4.69) is 15.9 Å². The second kappa shape index (κ2) is 4.26. The minimum absolute atomic E-state index is 0.0472. The second-order valence-corrected chi connectivity index (χ2v) is 5.24. The monoisotopic (exact) mass is 285 g/mol. The number of ether oxygens (including phenoxy) is 2. The fourth-order valence-corrected chi connectivity index (χ4v) is 2.23. The maximum Gasteiger partial charge on any atom is 0.126 e. The Morgan fingerprint density at radius 1 is 1.25 bits per heavy atom. The molecular weight excluding hydrogens is 270 g/mol. The molecule has 1 aliphatic carbocycles. The Labute approximate surface area is 104 Å². The van der Waals surface area contributed by atoms with Crippen molar-refractivity contribution in [2.45, 2.75) is 24.8 Å². The number of hydrogen-bond acceptors (Lipinski definition) is 3. The van der Waals surface area contributed by atoms with Crippen LogP contribution in [0.1, 0.15) is 18.4 Å². The molecule has 0 atom stereocenters. The summed E-state index contributed by atoms with van der Waals surface area (Å²) in [6.45, 7) is 0. The molecular formula is C12H16BrNO2. The zero-order valence-corrected chi connectivity index (χ0v) is 11.1. The van der Waals surface area contributed by atoms with Gasteiger partial charge in [0.15, 0.2) is 0 Å². The maximum absolute atomic E-state index is 6.14. The van der Waals surface area contributed by atoms with Gasteiger partial charge in [-0.1, -0.05) is 15.9 Å². The Balaban J connectivity index is 2.38. The minimum atomic E-state index is -0.0472. The number of rotatable bonds is 4. The van der Waals surface area contributed by atoms with E-state index < -0.39 is 0 Å². The predicted molar refractivity (Wildman–Crippen MR) is 67.1 cm³/mol. The van der Waals surface area contributed by atoms with Gasteiger partial charge in [0.2, 0.25) is 0 Å². The normalized spacial score (nSPS) is 17.0. The fourth-order valence-electron chi connectivity index (χ4n) is 1.82. The van der Waals surface area contributed by atoms with Crippen molar-refractivity contribution in [1.82, 2.24) is 0 Å². The highest BCUT2D eigenvalue weighted by Gasteiger charge is 2.39. The summed E-state index contributed by atoms with van der Waals surface area (Å²) in [6, 6.07) is 3.90. The van der Waals surface area contributed by atoms with Crippen molar-refractivity contribution in [2.75, 3.05) is 14.2 Å². The molecule has 1 aliphatic rings. The van der Waals surface area contributed by atoms with E-state index in [1.54, 1.807) is 14.2 Å². The van der Waals surface area contributed by atoms with Crippen LogP contribution in [0.2, 0.25) is 0 Å². The number of benzene rings is 1. The topological polar surface area (TPSA) is 44.5 Å². The highest BCUT2D eigenvalue weighted by molar-refractivity contribution is 9.10. The summed E-state index contributed by atoms with van der Waals surface area (Å²) in [6.07, 6.45) is 2.97. The van der Waals surface area contributed by atoms with Crippen molar-refractivity contribution in [3.63, 3.8) is 0 Å².